The summed E-state index contributed by atoms with van der Waals surface area (Å²) in [6.07, 6.45) is 3.75. The van der Waals surface area contributed by atoms with Gasteiger partial charge in [-0.25, -0.2) is 0 Å². The Labute approximate surface area is 131 Å². The van der Waals surface area contributed by atoms with E-state index in [1.807, 2.05) is 13.0 Å². The molecule has 0 aromatic carbocycles. The van der Waals surface area contributed by atoms with Crippen LogP contribution in [0.4, 0.5) is 0 Å². The van der Waals surface area contributed by atoms with Crippen molar-refractivity contribution < 1.29 is 0 Å². The minimum absolute atomic E-state index is 0.0170. The quantitative estimate of drug-likeness (QED) is 0.808. The topological polar surface area (TPSA) is 98.5 Å². The molecule has 114 valence electrons. The highest BCUT2D eigenvalue weighted by Crippen LogP contribution is 2.49. The van der Waals surface area contributed by atoms with Gasteiger partial charge in [0, 0.05) is 19.0 Å². The molecule has 3 atom stereocenters. The van der Waals surface area contributed by atoms with Gasteiger partial charge in [0.2, 0.25) is 0 Å². The molecule has 22 heavy (non-hydrogen) atoms. The minimum Gasteiger partial charge on any atom is -0.305 e. The molecule has 2 rings (SSSR count). The van der Waals surface area contributed by atoms with Crippen LogP contribution in [0, 0.1) is 62.6 Å². The van der Waals surface area contributed by atoms with E-state index in [1.165, 1.54) is 0 Å². The summed E-state index contributed by atoms with van der Waals surface area (Å²) >= 11 is 0. The summed E-state index contributed by atoms with van der Waals surface area (Å²) in [4.78, 5) is 2.31. The van der Waals surface area contributed by atoms with Crippen LogP contribution in [-0.4, -0.2) is 30.2 Å². The number of rotatable bonds is 3. The maximum Gasteiger partial charge on any atom is 0.185 e. The summed E-state index contributed by atoms with van der Waals surface area (Å²) in [5.41, 5.74) is -0.544. The van der Waals surface area contributed by atoms with Crippen LogP contribution in [0.2, 0.25) is 0 Å². The second-order valence-electron chi connectivity index (χ2n) is 6.09. The van der Waals surface area contributed by atoms with Crippen molar-refractivity contribution in [1.82, 2.24) is 4.90 Å². The van der Waals surface area contributed by atoms with Crippen LogP contribution in [0.3, 0.4) is 0 Å². The largest absolute Gasteiger partial charge is 0.305 e. The number of nitriles is 3. The molecule has 1 saturated carbocycles. The molecule has 2 aliphatic rings. The Morgan fingerprint density at radius 2 is 2.00 bits per heavy atom. The van der Waals surface area contributed by atoms with E-state index in [9.17, 15) is 15.8 Å². The lowest BCUT2D eigenvalue weighted by Crippen LogP contribution is -2.53. The fourth-order valence-corrected chi connectivity index (χ4v) is 3.97. The van der Waals surface area contributed by atoms with Crippen molar-refractivity contribution in [2.24, 2.45) is 23.2 Å². The van der Waals surface area contributed by atoms with Crippen LogP contribution in [0.1, 0.15) is 26.7 Å². The Bertz CT molecular complexity index is 598. The minimum atomic E-state index is -1.47. The molecule has 5 heteroatoms. The molecule has 0 saturated heterocycles. The summed E-state index contributed by atoms with van der Waals surface area (Å²) in [6, 6.07) is 6.31. The Balaban J connectivity index is 2.52. The molecule has 0 amide bonds. The van der Waals surface area contributed by atoms with Crippen molar-refractivity contribution in [2.45, 2.75) is 26.7 Å². The molecular weight excluding hydrogens is 274 g/mol. The summed E-state index contributed by atoms with van der Waals surface area (Å²) < 4.78 is 0. The third-order valence-electron chi connectivity index (χ3n) is 5.02. The van der Waals surface area contributed by atoms with Crippen LogP contribution in [0.5, 0.6) is 0 Å². The number of nitrogens with zero attached hydrogens (tertiary/aromatic N) is 4. The number of nitrogens with one attached hydrogen (secondary N) is 1. The van der Waals surface area contributed by atoms with Crippen LogP contribution in [0.15, 0.2) is 11.6 Å². The molecule has 0 aromatic heterocycles. The van der Waals surface area contributed by atoms with E-state index in [0.29, 0.717) is 6.42 Å². The van der Waals surface area contributed by atoms with E-state index in [2.05, 4.69) is 30.0 Å². The molecule has 1 N–H and O–H groups in total. The second-order valence-corrected chi connectivity index (χ2v) is 6.09. The monoisotopic (exact) mass is 295 g/mol. The lowest BCUT2D eigenvalue weighted by atomic mass is 9.55. The van der Waals surface area contributed by atoms with Crippen molar-refractivity contribution in [1.29, 1.82) is 21.2 Å². The third kappa shape index (κ3) is 2.21. The predicted molar refractivity (Wildman–Crippen MR) is 82.6 cm³/mol. The van der Waals surface area contributed by atoms with Crippen molar-refractivity contribution in [3.8, 4) is 18.2 Å². The number of hydrogen-bond acceptors (Lipinski definition) is 5. The van der Waals surface area contributed by atoms with E-state index < -0.39 is 11.3 Å². The van der Waals surface area contributed by atoms with Crippen molar-refractivity contribution in [3.05, 3.63) is 11.6 Å². The molecule has 1 fully saturated rings. The molecule has 0 bridgehead atoms. The van der Waals surface area contributed by atoms with E-state index in [-0.39, 0.29) is 17.5 Å². The van der Waals surface area contributed by atoms with Gasteiger partial charge in [-0.1, -0.05) is 19.9 Å². The van der Waals surface area contributed by atoms with E-state index in [4.69, 9.17) is 5.41 Å². The Morgan fingerprint density at radius 1 is 1.32 bits per heavy atom. The number of fused-ring (bicyclic) bond motifs is 1. The highest BCUT2D eigenvalue weighted by Gasteiger charge is 2.56. The SMILES string of the molecule is CCCN1CC=C2C(C#N)C(=N)C(C#N)(C#N)[C@@H](CC)[C@H]2C1. The summed E-state index contributed by atoms with van der Waals surface area (Å²) in [5.74, 6) is -0.926. The highest BCUT2D eigenvalue weighted by molar-refractivity contribution is 6.00. The highest BCUT2D eigenvalue weighted by atomic mass is 15.1. The van der Waals surface area contributed by atoms with Gasteiger partial charge >= 0.3 is 0 Å². The average molecular weight is 295 g/mol. The van der Waals surface area contributed by atoms with Gasteiger partial charge in [-0.15, -0.1) is 0 Å². The van der Waals surface area contributed by atoms with E-state index >= 15 is 0 Å². The standard InChI is InChI=1S/C17H21N5/c1-3-6-22-7-5-12-13(8-18)16(21)17(10-19,11-20)15(4-2)14(12)9-22/h5,13-15,21H,3-4,6-7,9H2,1-2H3/t13?,14-,15-/m0/s1. The van der Waals surface area contributed by atoms with E-state index in [0.717, 1.165) is 31.6 Å². The first-order chi connectivity index (χ1) is 10.6. The van der Waals surface area contributed by atoms with Crippen molar-refractivity contribution >= 4 is 5.71 Å². The first-order valence-electron chi connectivity index (χ1n) is 7.82. The maximum absolute atomic E-state index is 9.63. The third-order valence-corrected chi connectivity index (χ3v) is 5.02. The van der Waals surface area contributed by atoms with E-state index in [1.54, 1.807) is 0 Å². The zero-order valence-electron chi connectivity index (χ0n) is 13.1. The van der Waals surface area contributed by atoms with Crippen molar-refractivity contribution in [2.75, 3.05) is 19.6 Å². The first kappa shape index (κ1) is 16.2. The van der Waals surface area contributed by atoms with Gasteiger partial charge in [0.05, 0.1) is 23.9 Å². The van der Waals surface area contributed by atoms with Crippen LogP contribution < -0.4 is 0 Å². The molecule has 0 spiro atoms. The van der Waals surface area contributed by atoms with Crippen molar-refractivity contribution in [3.63, 3.8) is 0 Å². The molecule has 1 aliphatic carbocycles. The molecule has 0 aromatic rings. The lowest BCUT2D eigenvalue weighted by Gasteiger charge is -2.47. The molecule has 1 unspecified atom stereocenters. The maximum atomic E-state index is 9.63. The molecule has 1 aliphatic heterocycles. The van der Waals surface area contributed by atoms with Gasteiger partial charge in [-0.2, -0.15) is 15.8 Å². The zero-order valence-corrected chi connectivity index (χ0v) is 13.1. The van der Waals surface area contributed by atoms with Gasteiger partial charge in [-0.3, -0.25) is 4.90 Å². The summed E-state index contributed by atoms with van der Waals surface area (Å²) in [5, 5.41) is 37.1. The van der Waals surface area contributed by atoms with Gasteiger partial charge in [0.15, 0.2) is 5.41 Å². The Morgan fingerprint density at radius 3 is 2.50 bits per heavy atom. The van der Waals surface area contributed by atoms with Crippen LogP contribution in [0.25, 0.3) is 0 Å². The first-order valence-corrected chi connectivity index (χ1v) is 7.82. The smallest absolute Gasteiger partial charge is 0.185 e. The van der Waals surface area contributed by atoms with Crippen LogP contribution >= 0.6 is 0 Å². The normalized spacial score (nSPS) is 30.4. The molecule has 5 nitrogen and oxygen atoms in total. The molecular formula is C17H21N5. The predicted octanol–water partition coefficient (Wildman–Crippen LogP) is 2.49. The lowest BCUT2D eigenvalue weighted by molar-refractivity contribution is 0.164. The fourth-order valence-electron chi connectivity index (χ4n) is 3.97. The zero-order chi connectivity index (χ0) is 16.3. The molecule has 0 radical (unpaired) electrons. The summed E-state index contributed by atoms with van der Waals surface area (Å²) in [7, 11) is 0. The van der Waals surface area contributed by atoms with Gasteiger partial charge in [-0.05, 0) is 30.9 Å². The van der Waals surface area contributed by atoms with Gasteiger partial charge in [0.1, 0.15) is 5.92 Å². The molecule has 1 heterocycles. The Kier molecular flexibility index (Phi) is 4.65. The van der Waals surface area contributed by atoms with Gasteiger partial charge in [0.25, 0.3) is 0 Å². The average Bonchev–Trinajstić information content (AvgIpc) is 2.54. The number of hydrogen-bond donors (Lipinski definition) is 1. The Hall–Kier alpha value is -2.16. The van der Waals surface area contributed by atoms with Gasteiger partial charge < -0.3 is 5.41 Å². The second kappa shape index (κ2) is 6.30. The van der Waals surface area contributed by atoms with Crippen LogP contribution in [-0.2, 0) is 0 Å². The summed E-state index contributed by atoms with van der Waals surface area (Å²) in [6.45, 7) is 6.62. The fraction of sp³-hybridized carbons (Fsp3) is 0.647.